The van der Waals surface area contributed by atoms with E-state index in [4.69, 9.17) is 9.72 Å². The van der Waals surface area contributed by atoms with E-state index < -0.39 is 0 Å². The Labute approximate surface area is 154 Å². The molecule has 138 valence electrons. The zero-order valence-corrected chi connectivity index (χ0v) is 15.3. The molecule has 1 N–H and O–H groups in total. The van der Waals surface area contributed by atoms with Crippen molar-refractivity contribution in [3.05, 3.63) is 24.3 Å². The summed E-state index contributed by atoms with van der Waals surface area (Å²) in [5.41, 5.74) is 1.67. The number of hydrogen-bond donors (Lipinski definition) is 1. The van der Waals surface area contributed by atoms with Crippen molar-refractivity contribution in [1.29, 1.82) is 0 Å². The first-order valence-electron chi connectivity index (χ1n) is 9.60. The van der Waals surface area contributed by atoms with Crippen LogP contribution in [0.4, 0.5) is 5.82 Å². The minimum absolute atomic E-state index is 0.00215. The summed E-state index contributed by atoms with van der Waals surface area (Å²) in [6.07, 6.45) is 6.59. The molecule has 2 aromatic rings. The lowest BCUT2D eigenvalue weighted by atomic mass is 9.96. The summed E-state index contributed by atoms with van der Waals surface area (Å²) in [6, 6.07) is 8.16. The second kappa shape index (κ2) is 7.48. The zero-order valence-electron chi connectivity index (χ0n) is 15.3. The van der Waals surface area contributed by atoms with Gasteiger partial charge in [-0.15, -0.1) is 0 Å². The Kier molecular flexibility index (Phi) is 4.91. The fourth-order valence-corrected chi connectivity index (χ4v) is 4.09. The van der Waals surface area contributed by atoms with Gasteiger partial charge < -0.3 is 15.0 Å². The van der Waals surface area contributed by atoms with E-state index in [0.717, 1.165) is 49.1 Å². The third-order valence-electron chi connectivity index (χ3n) is 5.51. The SMILES string of the molecule is COc1nc2ccccc2nc1N1CCCC(C(=O)NC2CCCC2)C1. The van der Waals surface area contributed by atoms with Crippen LogP contribution in [-0.2, 0) is 4.79 Å². The number of nitrogens with zero attached hydrogens (tertiary/aromatic N) is 3. The van der Waals surface area contributed by atoms with E-state index in [1.165, 1.54) is 12.8 Å². The fraction of sp³-hybridized carbons (Fsp3) is 0.550. The smallest absolute Gasteiger partial charge is 0.257 e. The van der Waals surface area contributed by atoms with Crippen LogP contribution in [0.25, 0.3) is 11.0 Å². The number of para-hydroxylation sites is 2. The molecule has 2 heterocycles. The van der Waals surface area contributed by atoms with Crippen LogP contribution in [0.3, 0.4) is 0 Å². The standard InChI is InChI=1S/C20H26N4O2/c1-26-20-18(22-16-10-4-5-11-17(16)23-20)24-12-6-7-14(13-24)19(25)21-15-8-2-3-9-15/h4-5,10-11,14-15H,2-3,6-9,12-13H2,1H3,(H,21,25). The monoisotopic (exact) mass is 354 g/mol. The summed E-state index contributed by atoms with van der Waals surface area (Å²) in [5.74, 6) is 1.46. The molecule has 2 aliphatic rings. The van der Waals surface area contributed by atoms with Crippen molar-refractivity contribution < 1.29 is 9.53 Å². The number of carbonyl (C=O) groups is 1. The van der Waals surface area contributed by atoms with E-state index in [-0.39, 0.29) is 11.8 Å². The molecule has 1 saturated carbocycles. The van der Waals surface area contributed by atoms with Crippen molar-refractivity contribution >= 4 is 22.8 Å². The zero-order chi connectivity index (χ0) is 17.9. The first-order valence-corrected chi connectivity index (χ1v) is 9.60. The number of carbonyl (C=O) groups excluding carboxylic acids is 1. The quantitative estimate of drug-likeness (QED) is 0.914. The van der Waals surface area contributed by atoms with Gasteiger partial charge in [-0.1, -0.05) is 25.0 Å². The van der Waals surface area contributed by atoms with Crippen molar-refractivity contribution in [2.45, 2.75) is 44.6 Å². The second-order valence-electron chi connectivity index (χ2n) is 7.32. The van der Waals surface area contributed by atoms with Crippen molar-refractivity contribution in [1.82, 2.24) is 15.3 Å². The van der Waals surface area contributed by atoms with Crippen LogP contribution < -0.4 is 15.0 Å². The number of piperidine rings is 1. The van der Waals surface area contributed by atoms with Gasteiger partial charge in [0.1, 0.15) is 0 Å². The Morgan fingerprint density at radius 3 is 2.58 bits per heavy atom. The van der Waals surface area contributed by atoms with Gasteiger partial charge in [-0.3, -0.25) is 4.79 Å². The molecule has 4 rings (SSSR count). The maximum absolute atomic E-state index is 12.7. The molecule has 26 heavy (non-hydrogen) atoms. The van der Waals surface area contributed by atoms with Crippen LogP contribution >= 0.6 is 0 Å². The summed E-state index contributed by atoms with van der Waals surface area (Å²) < 4.78 is 5.49. The average Bonchev–Trinajstić information content (AvgIpc) is 3.20. The molecule has 1 aliphatic heterocycles. The number of fused-ring (bicyclic) bond motifs is 1. The van der Waals surface area contributed by atoms with Crippen molar-refractivity contribution in [2.24, 2.45) is 5.92 Å². The highest BCUT2D eigenvalue weighted by molar-refractivity contribution is 5.81. The van der Waals surface area contributed by atoms with Crippen LogP contribution in [-0.4, -0.2) is 42.1 Å². The van der Waals surface area contributed by atoms with Crippen LogP contribution in [0.2, 0.25) is 0 Å². The largest absolute Gasteiger partial charge is 0.478 e. The van der Waals surface area contributed by atoms with E-state index >= 15 is 0 Å². The van der Waals surface area contributed by atoms with Crippen molar-refractivity contribution in [2.75, 3.05) is 25.1 Å². The molecule has 6 nitrogen and oxygen atoms in total. The average molecular weight is 354 g/mol. The summed E-state index contributed by atoms with van der Waals surface area (Å²) in [7, 11) is 1.62. The summed E-state index contributed by atoms with van der Waals surface area (Å²) >= 11 is 0. The topological polar surface area (TPSA) is 67.4 Å². The van der Waals surface area contributed by atoms with Gasteiger partial charge in [0.2, 0.25) is 5.91 Å². The molecule has 1 amide bonds. The Balaban J connectivity index is 1.53. The Morgan fingerprint density at radius 1 is 1.12 bits per heavy atom. The minimum Gasteiger partial charge on any atom is -0.478 e. The maximum atomic E-state index is 12.7. The second-order valence-corrected chi connectivity index (χ2v) is 7.32. The van der Waals surface area contributed by atoms with E-state index in [9.17, 15) is 4.79 Å². The predicted octanol–water partition coefficient (Wildman–Crippen LogP) is 2.91. The number of methoxy groups -OCH3 is 1. The predicted molar refractivity (Wildman–Crippen MR) is 101 cm³/mol. The molecule has 1 unspecified atom stereocenters. The molecule has 1 aromatic carbocycles. The molecule has 2 fully saturated rings. The summed E-state index contributed by atoms with van der Waals surface area (Å²) in [5, 5.41) is 3.25. The molecule has 6 heteroatoms. The first-order chi connectivity index (χ1) is 12.7. The van der Waals surface area contributed by atoms with E-state index in [2.05, 4.69) is 15.2 Å². The highest BCUT2D eigenvalue weighted by atomic mass is 16.5. The van der Waals surface area contributed by atoms with Gasteiger partial charge in [-0.2, -0.15) is 0 Å². The van der Waals surface area contributed by atoms with E-state index in [1.54, 1.807) is 7.11 Å². The molecule has 1 aliphatic carbocycles. The van der Waals surface area contributed by atoms with E-state index in [0.29, 0.717) is 18.5 Å². The van der Waals surface area contributed by atoms with Crippen LogP contribution in [0, 0.1) is 5.92 Å². The number of amides is 1. The molecular weight excluding hydrogens is 328 g/mol. The Hall–Kier alpha value is -2.37. The summed E-state index contributed by atoms with van der Waals surface area (Å²) in [4.78, 5) is 24.2. The van der Waals surface area contributed by atoms with Gasteiger partial charge in [0.15, 0.2) is 5.82 Å². The number of ether oxygens (including phenoxy) is 1. The number of hydrogen-bond acceptors (Lipinski definition) is 5. The maximum Gasteiger partial charge on any atom is 0.257 e. The van der Waals surface area contributed by atoms with Crippen molar-refractivity contribution in [3.8, 4) is 5.88 Å². The Morgan fingerprint density at radius 2 is 1.85 bits per heavy atom. The van der Waals surface area contributed by atoms with Crippen LogP contribution in [0.5, 0.6) is 5.88 Å². The number of rotatable bonds is 4. The van der Waals surface area contributed by atoms with E-state index in [1.807, 2.05) is 24.3 Å². The van der Waals surface area contributed by atoms with Gasteiger partial charge in [0.05, 0.1) is 24.1 Å². The number of aromatic nitrogens is 2. The lowest BCUT2D eigenvalue weighted by molar-refractivity contribution is -0.125. The third-order valence-corrected chi connectivity index (χ3v) is 5.51. The highest BCUT2D eigenvalue weighted by Crippen LogP contribution is 2.30. The molecule has 1 saturated heterocycles. The molecule has 0 spiro atoms. The number of benzene rings is 1. The lowest BCUT2D eigenvalue weighted by Crippen LogP contribution is -2.45. The molecule has 1 atom stereocenters. The molecule has 1 aromatic heterocycles. The summed E-state index contributed by atoms with van der Waals surface area (Å²) in [6.45, 7) is 1.54. The minimum atomic E-state index is 0.00215. The van der Waals surface area contributed by atoms with Gasteiger partial charge >= 0.3 is 0 Å². The Bertz CT molecular complexity index is 788. The lowest BCUT2D eigenvalue weighted by Gasteiger charge is -2.33. The van der Waals surface area contributed by atoms with Gasteiger partial charge in [-0.05, 0) is 37.8 Å². The first kappa shape index (κ1) is 17.1. The van der Waals surface area contributed by atoms with Crippen molar-refractivity contribution in [3.63, 3.8) is 0 Å². The molecule has 0 bridgehead atoms. The molecular formula is C20H26N4O2. The third kappa shape index (κ3) is 3.45. The number of anilines is 1. The van der Waals surface area contributed by atoms with Gasteiger partial charge in [0.25, 0.3) is 5.88 Å². The van der Waals surface area contributed by atoms with Gasteiger partial charge in [-0.25, -0.2) is 9.97 Å². The van der Waals surface area contributed by atoms with Gasteiger partial charge in [0, 0.05) is 19.1 Å². The highest BCUT2D eigenvalue weighted by Gasteiger charge is 2.30. The van der Waals surface area contributed by atoms with Crippen LogP contribution in [0.15, 0.2) is 24.3 Å². The molecule has 0 radical (unpaired) electrons. The normalized spacial score (nSPS) is 21.1. The fourth-order valence-electron chi connectivity index (χ4n) is 4.09. The number of nitrogens with one attached hydrogen (secondary N) is 1. The van der Waals surface area contributed by atoms with Crippen LogP contribution in [0.1, 0.15) is 38.5 Å².